The van der Waals surface area contributed by atoms with Gasteiger partial charge in [0, 0.05) is 31.5 Å². The van der Waals surface area contributed by atoms with Gasteiger partial charge in [0.25, 0.3) is 5.91 Å². The second kappa shape index (κ2) is 8.01. The maximum atomic E-state index is 11.8. The van der Waals surface area contributed by atoms with Crippen molar-refractivity contribution >= 4 is 29.3 Å². The number of aryl methyl sites for hydroxylation is 1. The lowest BCUT2D eigenvalue weighted by Crippen LogP contribution is -2.20. The molecule has 0 saturated heterocycles. The number of nitrogens with zero attached hydrogens (tertiary/aromatic N) is 1. The molecule has 1 N–H and O–H groups in total. The van der Waals surface area contributed by atoms with Crippen LogP contribution in [-0.2, 0) is 14.3 Å². The Kier molecular flexibility index (Phi) is 5.78. The van der Waals surface area contributed by atoms with Crippen LogP contribution in [-0.4, -0.2) is 32.6 Å². The number of anilines is 2. The van der Waals surface area contributed by atoms with Crippen LogP contribution in [0.4, 0.5) is 11.4 Å². The largest absolute Gasteiger partial charge is 0.462 e. The molecule has 1 aromatic carbocycles. The maximum Gasteiger partial charge on any atom is 0.331 e. The van der Waals surface area contributed by atoms with Gasteiger partial charge in [0.2, 0.25) is 0 Å². The zero-order valence-electron chi connectivity index (χ0n) is 13.9. The molecule has 2 rings (SSSR count). The van der Waals surface area contributed by atoms with Crippen molar-refractivity contribution in [3.05, 3.63) is 54.0 Å². The summed E-state index contributed by atoms with van der Waals surface area (Å²) < 4.78 is 10.2. The summed E-state index contributed by atoms with van der Waals surface area (Å²) in [5, 5.41) is 2.66. The van der Waals surface area contributed by atoms with E-state index in [2.05, 4.69) is 5.32 Å². The fraction of sp³-hybridized carbons (Fsp3) is 0.222. The molecule has 6 nitrogen and oxygen atoms in total. The smallest absolute Gasteiger partial charge is 0.331 e. The Hall–Kier alpha value is -3.02. The molecule has 24 heavy (non-hydrogen) atoms. The Labute approximate surface area is 140 Å². The van der Waals surface area contributed by atoms with E-state index in [1.54, 1.807) is 24.3 Å². The minimum absolute atomic E-state index is 0.351. The Morgan fingerprint density at radius 2 is 1.88 bits per heavy atom. The molecule has 6 heteroatoms. The van der Waals surface area contributed by atoms with Gasteiger partial charge in [-0.15, -0.1) is 0 Å². The average Bonchev–Trinajstić information content (AvgIpc) is 2.97. The molecular weight excluding hydrogens is 308 g/mol. The van der Waals surface area contributed by atoms with Crippen molar-refractivity contribution in [1.29, 1.82) is 0 Å². The van der Waals surface area contributed by atoms with E-state index in [-0.39, 0.29) is 6.61 Å². The summed E-state index contributed by atoms with van der Waals surface area (Å²) in [4.78, 5) is 25.3. The van der Waals surface area contributed by atoms with Crippen LogP contribution in [0.1, 0.15) is 11.5 Å². The summed E-state index contributed by atoms with van der Waals surface area (Å²) in [6.07, 6.45) is 2.71. The van der Waals surface area contributed by atoms with Crippen molar-refractivity contribution in [3.8, 4) is 0 Å². The van der Waals surface area contributed by atoms with Crippen molar-refractivity contribution in [3.63, 3.8) is 0 Å². The lowest BCUT2D eigenvalue weighted by Gasteiger charge is -2.13. The van der Waals surface area contributed by atoms with Crippen LogP contribution in [0.5, 0.6) is 0 Å². The van der Waals surface area contributed by atoms with Gasteiger partial charge in [-0.1, -0.05) is 0 Å². The summed E-state index contributed by atoms with van der Waals surface area (Å²) in [7, 11) is 3.87. The van der Waals surface area contributed by atoms with Crippen LogP contribution in [0.2, 0.25) is 0 Å². The molecule has 1 heterocycles. The lowest BCUT2D eigenvalue weighted by molar-refractivity contribution is -0.142. The molecule has 0 aliphatic rings. The minimum atomic E-state index is -0.609. The van der Waals surface area contributed by atoms with Gasteiger partial charge in [-0.05, 0) is 49.4 Å². The number of carbonyl (C=O) groups excluding carboxylic acids is 2. The summed E-state index contributed by atoms with van der Waals surface area (Å²) in [6.45, 7) is 1.46. The van der Waals surface area contributed by atoms with Crippen molar-refractivity contribution in [2.24, 2.45) is 0 Å². The van der Waals surface area contributed by atoms with E-state index in [1.165, 1.54) is 12.2 Å². The molecule has 0 atom stereocenters. The number of amides is 1. The van der Waals surface area contributed by atoms with Gasteiger partial charge in [0.05, 0.1) is 0 Å². The monoisotopic (exact) mass is 328 g/mol. The number of nitrogens with one attached hydrogen (secondary N) is 1. The lowest BCUT2D eigenvalue weighted by atomic mass is 10.2. The van der Waals surface area contributed by atoms with Gasteiger partial charge in [-0.3, -0.25) is 4.79 Å². The van der Waals surface area contributed by atoms with Gasteiger partial charge in [0.15, 0.2) is 6.61 Å². The Balaban J connectivity index is 1.78. The number of carbonyl (C=O) groups is 2. The topological polar surface area (TPSA) is 71.8 Å². The first-order valence-corrected chi connectivity index (χ1v) is 7.42. The molecule has 2 aromatic rings. The van der Waals surface area contributed by atoms with Crippen LogP contribution in [0.3, 0.4) is 0 Å². The molecule has 0 radical (unpaired) electrons. The fourth-order valence-corrected chi connectivity index (χ4v) is 1.92. The second-order valence-corrected chi connectivity index (χ2v) is 5.38. The van der Waals surface area contributed by atoms with Crippen LogP contribution in [0.25, 0.3) is 6.08 Å². The summed E-state index contributed by atoms with van der Waals surface area (Å²) in [5.41, 5.74) is 1.67. The Morgan fingerprint density at radius 1 is 1.17 bits per heavy atom. The summed E-state index contributed by atoms with van der Waals surface area (Å²) >= 11 is 0. The standard InChI is InChI=1S/C18H20N2O4/c1-13-4-9-16(24-13)10-11-18(22)23-12-17(21)19-14-5-7-15(8-6-14)20(2)3/h4-11H,12H2,1-3H3,(H,19,21)/b11-10+. The van der Waals surface area contributed by atoms with E-state index in [9.17, 15) is 9.59 Å². The highest BCUT2D eigenvalue weighted by molar-refractivity contribution is 5.94. The summed E-state index contributed by atoms with van der Waals surface area (Å²) in [6, 6.07) is 10.9. The van der Waals surface area contributed by atoms with Gasteiger partial charge in [-0.25, -0.2) is 4.79 Å². The van der Waals surface area contributed by atoms with Crippen molar-refractivity contribution in [2.75, 3.05) is 30.9 Å². The molecule has 0 saturated carbocycles. The summed E-state index contributed by atoms with van der Waals surface area (Å²) in [5.74, 6) is 0.294. The molecule has 0 aliphatic heterocycles. The predicted molar refractivity (Wildman–Crippen MR) is 92.8 cm³/mol. The highest BCUT2D eigenvalue weighted by Crippen LogP contribution is 2.15. The molecule has 0 bridgehead atoms. The molecule has 0 unspecified atom stereocenters. The average molecular weight is 328 g/mol. The second-order valence-electron chi connectivity index (χ2n) is 5.38. The predicted octanol–water partition coefficient (Wildman–Crippen LogP) is 2.85. The Morgan fingerprint density at radius 3 is 2.46 bits per heavy atom. The van der Waals surface area contributed by atoms with Crippen LogP contribution >= 0.6 is 0 Å². The van der Waals surface area contributed by atoms with Crippen molar-refractivity contribution in [1.82, 2.24) is 0 Å². The molecule has 0 spiro atoms. The van der Waals surface area contributed by atoms with E-state index < -0.39 is 11.9 Å². The molecule has 1 amide bonds. The third-order valence-corrected chi connectivity index (χ3v) is 3.16. The third kappa shape index (κ3) is 5.31. The maximum absolute atomic E-state index is 11.8. The number of hydrogen-bond donors (Lipinski definition) is 1. The quantitative estimate of drug-likeness (QED) is 0.652. The first kappa shape index (κ1) is 17.3. The fourth-order valence-electron chi connectivity index (χ4n) is 1.92. The van der Waals surface area contributed by atoms with Crippen LogP contribution < -0.4 is 10.2 Å². The van der Waals surface area contributed by atoms with Crippen molar-refractivity contribution in [2.45, 2.75) is 6.92 Å². The number of hydrogen-bond acceptors (Lipinski definition) is 5. The zero-order chi connectivity index (χ0) is 17.5. The molecule has 126 valence electrons. The van der Waals surface area contributed by atoms with Gasteiger partial charge in [-0.2, -0.15) is 0 Å². The third-order valence-electron chi connectivity index (χ3n) is 3.16. The van der Waals surface area contributed by atoms with E-state index in [0.29, 0.717) is 11.4 Å². The minimum Gasteiger partial charge on any atom is -0.462 e. The Bertz CT molecular complexity index is 730. The van der Waals surface area contributed by atoms with Crippen LogP contribution in [0, 0.1) is 6.92 Å². The first-order chi connectivity index (χ1) is 11.4. The van der Waals surface area contributed by atoms with Gasteiger partial charge in [0.1, 0.15) is 11.5 Å². The molecule has 0 fully saturated rings. The van der Waals surface area contributed by atoms with Crippen molar-refractivity contribution < 1.29 is 18.7 Å². The van der Waals surface area contributed by atoms with E-state index in [4.69, 9.17) is 9.15 Å². The normalized spacial score (nSPS) is 10.6. The zero-order valence-corrected chi connectivity index (χ0v) is 13.9. The van der Waals surface area contributed by atoms with Gasteiger partial charge < -0.3 is 19.4 Å². The molecule has 0 aliphatic carbocycles. The highest BCUT2D eigenvalue weighted by Gasteiger charge is 2.06. The SMILES string of the molecule is Cc1ccc(/C=C/C(=O)OCC(=O)Nc2ccc(N(C)C)cc2)o1. The highest BCUT2D eigenvalue weighted by atomic mass is 16.5. The number of rotatable bonds is 6. The van der Waals surface area contributed by atoms with E-state index in [0.717, 1.165) is 11.4 Å². The molecule has 1 aromatic heterocycles. The number of furan rings is 1. The first-order valence-electron chi connectivity index (χ1n) is 7.42. The van der Waals surface area contributed by atoms with Gasteiger partial charge >= 0.3 is 5.97 Å². The number of benzene rings is 1. The molecular formula is C18H20N2O4. The van der Waals surface area contributed by atoms with Crippen LogP contribution in [0.15, 0.2) is 46.9 Å². The van der Waals surface area contributed by atoms with E-state index in [1.807, 2.05) is 38.1 Å². The van der Waals surface area contributed by atoms with E-state index >= 15 is 0 Å². The number of esters is 1. The number of ether oxygens (including phenoxy) is 1.